The van der Waals surface area contributed by atoms with Crippen LogP contribution < -0.4 is 5.73 Å². The second-order valence-corrected chi connectivity index (χ2v) is 4.14. The minimum atomic E-state index is -0.531. The summed E-state index contributed by atoms with van der Waals surface area (Å²) in [4.78, 5) is 3.73. The van der Waals surface area contributed by atoms with Gasteiger partial charge in [0.05, 0.1) is 11.8 Å². The normalized spacial score (nSPS) is 10.7. The van der Waals surface area contributed by atoms with Gasteiger partial charge in [-0.2, -0.15) is 0 Å². The molecule has 4 nitrogen and oxygen atoms in total. The molecule has 0 aliphatic rings. The van der Waals surface area contributed by atoms with E-state index in [2.05, 4.69) is 10.1 Å². The summed E-state index contributed by atoms with van der Waals surface area (Å²) in [7, 11) is 0. The summed E-state index contributed by atoms with van der Waals surface area (Å²) in [6.07, 6.45) is 2.46. The maximum absolute atomic E-state index is 13.9. The van der Waals surface area contributed by atoms with E-state index in [9.17, 15) is 8.78 Å². The van der Waals surface area contributed by atoms with Crippen molar-refractivity contribution in [1.82, 2.24) is 10.1 Å². The van der Waals surface area contributed by atoms with Crippen LogP contribution in [0.5, 0.6) is 0 Å². The summed E-state index contributed by atoms with van der Waals surface area (Å²) in [6, 6.07) is 7.30. The molecule has 0 amide bonds. The Morgan fingerprint density at radius 2 is 1.90 bits per heavy atom. The van der Waals surface area contributed by atoms with Gasteiger partial charge in [0.1, 0.15) is 11.6 Å². The molecule has 100 valence electrons. The van der Waals surface area contributed by atoms with Gasteiger partial charge in [0, 0.05) is 17.3 Å². The van der Waals surface area contributed by atoms with Crippen molar-refractivity contribution < 1.29 is 13.3 Å². The molecule has 0 unspecified atom stereocenters. The van der Waals surface area contributed by atoms with Gasteiger partial charge in [-0.1, -0.05) is 23.4 Å². The molecule has 0 saturated carbocycles. The Bertz CT molecular complexity index is 771. The second-order valence-electron chi connectivity index (χ2n) is 4.14. The number of nitrogens with two attached hydrogens (primary N) is 1. The maximum atomic E-state index is 13.9. The van der Waals surface area contributed by atoms with Gasteiger partial charge in [0.15, 0.2) is 11.6 Å². The van der Waals surface area contributed by atoms with E-state index in [1.807, 2.05) is 0 Å². The average molecular weight is 273 g/mol. The van der Waals surface area contributed by atoms with E-state index >= 15 is 0 Å². The van der Waals surface area contributed by atoms with Gasteiger partial charge in [-0.15, -0.1) is 0 Å². The van der Waals surface area contributed by atoms with Crippen LogP contribution in [0.15, 0.2) is 47.2 Å². The van der Waals surface area contributed by atoms with Gasteiger partial charge in [0.25, 0.3) is 0 Å². The molecule has 2 N–H and O–H groups in total. The third-order valence-electron chi connectivity index (χ3n) is 2.83. The summed E-state index contributed by atoms with van der Waals surface area (Å²) in [6.45, 7) is 0. The lowest BCUT2D eigenvalue weighted by Crippen LogP contribution is -1.92. The maximum Gasteiger partial charge on any atom is 0.178 e. The predicted molar refractivity (Wildman–Crippen MR) is 69.5 cm³/mol. The summed E-state index contributed by atoms with van der Waals surface area (Å²) >= 11 is 0. The van der Waals surface area contributed by atoms with Crippen molar-refractivity contribution in [2.24, 2.45) is 0 Å². The largest absolute Gasteiger partial charge is 0.380 e. The quantitative estimate of drug-likeness (QED) is 0.778. The molecule has 0 aliphatic carbocycles. The number of aromatic nitrogens is 2. The van der Waals surface area contributed by atoms with Crippen molar-refractivity contribution in [3.05, 3.63) is 54.4 Å². The molecule has 0 radical (unpaired) electrons. The molecule has 20 heavy (non-hydrogen) atoms. The highest BCUT2D eigenvalue weighted by atomic mass is 19.1. The van der Waals surface area contributed by atoms with Crippen LogP contribution in [-0.4, -0.2) is 10.1 Å². The molecule has 0 atom stereocenters. The third-order valence-corrected chi connectivity index (χ3v) is 2.83. The molecule has 0 saturated heterocycles. The van der Waals surface area contributed by atoms with E-state index in [1.165, 1.54) is 18.3 Å². The van der Waals surface area contributed by atoms with Gasteiger partial charge in [-0.25, -0.2) is 8.78 Å². The lowest BCUT2D eigenvalue weighted by atomic mass is 10.0. The highest BCUT2D eigenvalue weighted by molar-refractivity contribution is 5.86. The van der Waals surface area contributed by atoms with Crippen LogP contribution >= 0.6 is 0 Å². The first-order valence-corrected chi connectivity index (χ1v) is 5.78. The number of anilines is 1. The Hall–Kier alpha value is -2.76. The zero-order valence-corrected chi connectivity index (χ0v) is 10.2. The van der Waals surface area contributed by atoms with Gasteiger partial charge in [0.2, 0.25) is 0 Å². The third kappa shape index (κ3) is 2.01. The van der Waals surface area contributed by atoms with Crippen molar-refractivity contribution in [1.29, 1.82) is 0 Å². The van der Waals surface area contributed by atoms with Crippen molar-refractivity contribution >= 4 is 5.82 Å². The minimum absolute atomic E-state index is 0.0364. The number of pyridine rings is 1. The topological polar surface area (TPSA) is 64.9 Å². The molecular formula is C14H9F2N3O. The lowest BCUT2D eigenvalue weighted by molar-refractivity contribution is 0.435. The van der Waals surface area contributed by atoms with Crippen molar-refractivity contribution in [3.8, 4) is 22.5 Å². The molecule has 3 rings (SSSR count). The number of rotatable bonds is 2. The van der Waals surface area contributed by atoms with E-state index in [4.69, 9.17) is 10.3 Å². The fraction of sp³-hybridized carbons (Fsp3) is 0. The zero-order valence-electron chi connectivity index (χ0n) is 10.2. The Morgan fingerprint density at radius 1 is 1.10 bits per heavy atom. The van der Waals surface area contributed by atoms with Gasteiger partial charge in [-0.05, 0) is 12.1 Å². The number of hydrogen-bond donors (Lipinski definition) is 1. The van der Waals surface area contributed by atoms with Crippen LogP contribution in [0.2, 0.25) is 0 Å². The van der Waals surface area contributed by atoms with E-state index < -0.39 is 11.6 Å². The summed E-state index contributed by atoms with van der Waals surface area (Å²) in [5.74, 6) is -0.779. The number of nitrogen functional groups attached to an aromatic ring is 1. The molecule has 2 aromatic heterocycles. The fourth-order valence-electron chi connectivity index (χ4n) is 1.96. The van der Waals surface area contributed by atoms with Crippen molar-refractivity contribution in [3.63, 3.8) is 0 Å². The molecule has 3 aromatic rings. The zero-order chi connectivity index (χ0) is 14.1. The van der Waals surface area contributed by atoms with Gasteiger partial charge < -0.3 is 10.3 Å². The Morgan fingerprint density at radius 3 is 2.65 bits per heavy atom. The predicted octanol–water partition coefficient (Wildman–Crippen LogP) is 3.26. The molecule has 6 heteroatoms. The van der Waals surface area contributed by atoms with E-state index in [-0.39, 0.29) is 22.7 Å². The Labute approximate surface area is 112 Å². The molecule has 1 aromatic carbocycles. The van der Waals surface area contributed by atoms with Crippen LogP contribution in [0.25, 0.3) is 22.5 Å². The molecule has 0 fully saturated rings. The average Bonchev–Trinajstić information content (AvgIpc) is 2.81. The Kier molecular flexibility index (Phi) is 2.90. The molecule has 2 heterocycles. The second kappa shape index (κ2) is 4.73. The van der Waals surface area contributed by atoms with Gasteiger partial charge >= 0.3 is 0 Å². The van der Waals surface area contributed by atoms with Crippen LogP contribution in [0.3, 0.4) is 0 Å². The first-order valence-electron chi connectivity index (χ1n) is 5.78. The first-order chi connectivity index (χ1) is 9.66. The lowest BCUT2D eigenvalue weighted by Gasteiger charge is -2.03. The fourth-order valence-corrected chi connectivity index (χ4v) is 1.96. The number of hydrogen-bond acceptors (Lipinski definition) is 4. The van der Waals surface area contributed by atoms with Crippen molar-refractivity contribution in [2.75, 3.05) is 5.73 Å². The standard InChI is InChI=1S/C14H9F2N3O/c15-9-5-8(6-18-7-9)13-12(14(17)19-20-13)10-3-1-2-4-11(10)16/h1-7H,(H2,17,19). The first kappa shape index (κ1) is 12.3. The van der Waals surface area contributed by atoms with Crippen LogP contribution in [-0.2, 0) is 0 Å². The number of benzene rings is 1. The highest BCUT2D eigenvalue weighted by Crippen LogP contribution is 2.37. The minimum Gasteiger partial charge on any atom is -0.380 e. The smallest absolute Gasteiger partial charge is 0.178 e. The van der Waals surface area contributed by atoms with Crippen LogP contribution in [0, 0.1) is 11.6 Å². The van der Waals surface area contributed by atoms with E-state index in [0.717, 1.165) is 6.20 Å². The summed E-state index contributed by atoms with van der Waals surface area (Å²) in [5.41, 5.74) is 6.60. The van der Waals surface area contributed by atoms with E-state index in [0.29, 0.717) is 5.56 Å². The molecular weight excluding hydrogens is 264 g/mol. The number of halogens is 2. The highest BCUT2D eigenvalue weighted by Gasteiger charge is 2.20. The Balaban J connectivity index is 2.23. The van der Waals surface area contributed by atoms with Gasteiger partial charge in [-0.3, -0.25) is 4.98 Å². The summed E-state index contributed by atoms with van der Waals surface area (Å²) in [5, 5.41) is 3.63. The molecule has 0 bridgehead atoms. The van der Waals surface area contributed by atoms with Crippen LogP contribution in [0.1, 0.15) is 0 Å². The number of nitrogens with zero attached hydrogens (tertiary/aromatic N) is 2. The van der Waals surface area contributed by atoms with Crippen molar-refractivity contribution in [2.45, 2.75) is 0 Å². The molecule has 0 aliphatic heterocycles. The summed E-state index contributed by atoms with van der Waals surface area (Å²) < 4.78 is 32.2. The van der Waals surface area contributed by atoms with Crippen LogP contribution in [0.4, 0.5) is 14.6 Å². The molecule has 0 spiro atoms. The SMILES string of the molecule is Nc1noc(-c2cncc(F)c2)c1-c1ccccc1F. The monoisotopic (exact) mass is 273 g/mol. The van der Waals surface area contributed by atoms with E-state index in [1.54, 1.807) is 18.2 Å².